The molecule has 1 aliphatic rings. The van der Waals surface area contributed by atoms with Crippen molar-refractivity contribution in [1.82, 2.24) is 29.6 Å². The number of aromatic nitrogens is 5. The Labute approximate surface area is 192 Å². The maximum atomic E-state index is 11.7. The van der Waals surface area contributed by atoms with Gasteiger partial charge in [-0.1, -0.05) is 6.07 Å². The molecule has 33 heavy (non-hydrogen) atoms. The lowest BCUT2D eigenvalue weighted by molar-refractivity contribution is -0.129. The number of hydrogen-bond acceptors (Lipinski definition) is 6. The van der Waals surface area contributed by atoms with Crippen LogP contribution in [0.25, 0.3) is 22.5 Å². The van der Waals surface area contributed by atoms with E-state index >= 15 is 0 Å². The molecular formula is C25H25N7O. The number of carbonyl (C=O) groups excluding carboxylic acids is 1. The smallest absolute Gasteiger partial charge is 0.227 e. The average Bonchev–Trinajstić information content (AvgIpc) is 3.29. The highest BCUT2D eigenvalue weighted by molar-refractivity contribution is 5.78. The molecule has 0 atom stereocenters. The Morgan fingerprint density at radius 1 is 1.15 bits per heavy atom. The number of hydrogen-bond donors (Lipinski definition) is 1. The summed E-state index contributed by atoms with van der Waals surface area (Å²) in [7, 11) is 0. The Morgan fingerprint density at radius 3 is 2.85 bits per heavy atom. The molecule has 0 bridgehead atoms. The highest BCUT2D eigenvalue weighted by Gasteiger charge is 2.19. The third-order valence-electron chi connectivity index (χ3n) is 5.87. The van der Waals surface area contributed by atoms with Gasteiger partial charge in [0.15, 0.2) is 0 Å². The summed E-state index contributed by atoms with van der Waals surface area (Å²) in [5.41, 5.74) is 6.88. The summed E-state index contributed by atoms with van der Waals surface area (Å²) < 4.78 is 1.90. The van der Waals surface area contributed by atoms with Gasteiger partial charge in [-0.25, -0.2) is 9.97 Å². The zero-order valence-electron chi connectivity index (χ0n) is 18.7. The summed E-state index contributed by atoms with van der Waals surface area (Å²) in [6.07, 6.45) is 8.17. The molecule has 0 fully saturated rings. The van der Waals surface area contributed by atoms with Crippen LogP contribution in [0.2, 0.25) is 0 Å². The molecule has 0 aliphatic carbocycles. The van der Waals surface area contributed by atoms with Gasteiger partial charge in [0.25, 0.3) is 0 Å². The van der Waals surface area contributed by atoms with Crippen molar-refractivity contribution in [2.75, 3.05) is 11.9 Å². The van der Waals surface area contributed by atoms with Gasteiger partial charge >= 0.3 is 0 Å². The van der Waals surface area contributed by atoms with Gasteiger partial charge in [-0.2, -0.15) is 5.10 Å². The van der Waals surface area contributed by atoms with Crippen LogP contribution in [0.5, 0.6) is 0 Å². The van der Waals surface area contributed by atoms with E-state index in [9.17, 15) is 4.79 Å². The monoisotopic (exact) mass is 439 g/mol. The highest BCUT2D eigenvalue weighted by Crippen LogP contribution is 2.30. The van der Waals surface area contributed by atoms with Gasteiger partial charge in [0.05, 0.1) is 5.69 Å². The minimum absolute atomic E-state index is 0.116. The molecule has 0 spiro atoms. The molecule has 0 radical (unpaired) electrons. The first-order valence-electron chi connectivity index (χ1n) is 11.1. The van der Waals surface area contributed by atoms with Gasteiger partial charge in [0.2, 0.25) is 11.9 Å². The van der Waals surface area contributed by atoms with Crippen LogP contribution in [0.15, 0.2) is 61.2 Å². The average molecular weight is 440 g/mol. The Morgan fingerprint density at radius 2 is 2.06 bits per heavy atom. The number of amides is 1. The Balaban J connectivity index is 1.42. The molecule has 1 aromatic carbocycles. The summed E-state index contributed by atoms with van der Waals surface area (Å²) in [6, 6.07) is 12.0. The Bertz CT molecular complexity index is 1300. The zero-order chi connectivity index (χ0) is 22.8. The van der Waals surface area contributed by atoms with Crippen LogP contribution >= 0.6 is 0 Å². The molecule has 0 unspecified atom stereocenters. The first-order chi connectivity index (χ1) is 16.1. The van der Waals surface area contributed by atoms with Crippen molar-refractivity contribution in [2.45, 2.75) is 33.4 Å². The lowest BCUT2D eigenvalue weighted by atomic mass is 9.99. The molecular weight excluding hydrogens is 414 g/mol. The number of pyridine rings is 1. The van der Waals surface area contributed by atoms with Crippen LogP contribution < -0.4 is 5.32 Å². The quantitative estimate of drug-likeness (QED) is 0.504. The first kappa shape index (κ1) is 20.8. The molecule has 0 saturated heterocycles. The van der Waals surface area contributed by atoms with Crippen molar-refractivity contribution in [3.8, 4) is 22.5 Å². The number of aryl methyl sites for hydroxylation is 1. The third kappa shape index (κ3) is 4.32. The maximum Gasteiger partial charge on any atom is 0.227 e. The van der Waals surface area contributed by atoms with Crippen LogP contribution in [-0.4, -0.2) is 42.1 Å². The number of nitrogens with zero attached hydrogens (tertiary/aromatic N) is 6. The molecule has 8 heteroatoms. The van der Waals surface area contributed by atoms with E-state index < -0.39 is 0 Å². The van der Waals surface area contributed by atoms with E-state index in [4.69, 9.17) is 10.1 Å². The Hall–Kier alpha value is -4.07. The van der Waals surface area contributed by atoms with Crippen molar-refractivity contribution in [3.05, 3.63) is 72.3 Å². The van der Waals surface area contributed by atoms with E-state index in [1.165, 1.54) is 11.1 Å². The second kappa shape index (κ2) is 8.82. The van der Waals surface area contributed by atoms with Gasteiger partial charge in [-0.3, -0.25) is 14.5 Å². The minimum atomic E-state index is 0.116. The summed E-state index contributed by atoms with van der Waals surface area (Å²) in [5.74, 6) is 0.639. The van der Waals surface area contributed by atoms with Crippen LogP contribution in [0.4, 0.5) is 11.6 Å². The van der Waals surface area contributed by atoms with Crippen LogP contribution in [0.1, 0.15) is 25.0 Å². The molecule has 166 valence electrons. The minimum Gasteiger partial charge on any atom is -0.338 e. The molecule has 3 aromatic heterocycles. The van der Waals surface area contributed by atoms with E-state index in [0.29, 0.717) is 12.5 Å². The highest BCUT2D eigenvalue weighted by atomic mass is 16.2. The molecule has 1 amide bonds. The first-order valence-corrected chi connectivity index (χ1v) is 11.1. The topological polar surface area (TPSA) is 88.8 Å². The number of fused-ring (bicyclic) bond motifs is 1. The van der Waals surface area contributed by atoms with Gasteiger partial charge in [0.1, 0.15) is 5.69 Å². The fourth-order valence-electron chi connectivity index (χ4n) is 4.08. The second-order valence-electron chi connectivity index (χ2n) is 8.05. The molecule has 4 heterocycles. The molecule has 1 N–H and O–H groups in total. The normalized spacial score (nSPS) is 13.0. The number of carbonyl (C=O) groups is 1. The second-order valence-corrected chi connectivity index (χ2v) is 8.05. The van der Waals surface area contributed by atoms with Crippen LogP contribution in [-0.2, 0) is 24.3 Å². The maximum absolute atomic E-state index is 11.7. The molecule has 1 aliphatic heterocycles. The molecule has 4 aromatic rings. The van der Waals surface area contributed by atoms with E-state index in [1.54, 1.807) is 19.3 Å². The molecule has 5 rings (SSSR count). The lowest BCUT2D eigenvalue weighted by Gasteiger charge is -2.28. The summed E-state index contributed by atoms with van der Waals surface area (Å²) in [4.78, 5) is 27.0. The SMILES string of the molecule is CCn1cc(-c2ccnc(Nc3ccc4c(c3)CCN(C(C)=O)C4)n2)c(-c2cccnc2)n1. The number of benzene rings is 1. The largest absolute Gasteiger partial charge is 0.338 e. The molecule has 0 saturated carbocycles. The third-order valence-corrected chi connectivity index (χ3v) is 5.87. The van der Waals surface area contributed by atoms with Gasteiger partial charge in [-0.15, -0.1) is 0 Å². The Kier molecular flexibility index (Phi) is 5.56. The zero-order valence-corrected chi connectivity index (χ0v) is 18.7. The lowest BCUT2D eigenvalue weighted by Crippen LogP contribution is -2.34. The van der Waals surface area contributed by atoms with Crippen molar-refractivity contribution in [1.29, 1.82) is 0 Å². The van der Waals surface area contributed by atoms with Crippen LogP contribution in [0, 0.1) is 0 Å². The van der Waals surface area contributed by atoms with Crippen molar-refractivity contribution in [2.24, 2.45) is 0 Å². The fraction of sp³-hybridized carbons (Fsp3) is 0.240. The van der Waals surface area contributed by atoms with Crippen LogP contribution in [0.3, 0.4) is 0 Å². The van der Waals surface area contributed by atoms with Gasteiger partial charge in [-0.05, 0) is 54.8 Å². The summed E-state index contributed by atoms with van der Waals surface area (Å²) in [5, 5.41) is 8.06. The van der Waals surface area contributed by atoms with Gasteiger partial charge in [0, 0.05) is 68.2 Å². The fourth-order valence-corrected chi connectivity index (χ4v) is 4.08. The summed E-state index contributed by atoms with van der Waals surface area (Å²) >= 11 is 0. The predicted molar refractivity (Wildman–Crippen MR) is 127 cm³/mol. The number of nitrogens with one attached hydrogen (secondary N) is 1. The van der Waals surface area contributed by atoms with E-state index in [0.717, 1.165) is 47.7 Å². The number of rotatable bonds is 5. The van der Waals surface area contributed by atoms with Crippen molar-refractivity contribution < 1.29 is 4.79 Å². The predicted octanol–water partition coefficient (Wildman–Crippen LogP) is 4.07. The van der Waals surface area contributed by atoms with Crippen molar-refractivity contribution in [3.63, 3.8) is 0 Å². The molecule has 8 nitrogen and oxygen atoms in total. The standard InChI is InChI=1S/C25H25N7O/c1-3-32-16-22(24(30-32)19-5-4-10-26-14-19)23-8-11-27-25(29-23)28-21-7-6-20-15-31(17(2)33)12-9-18(20)13-21/h4-8,10-11,13-14,16H,3,9,12,15H2,1-2H3,(H,27,28,29). The van der Waals surface area contributed by atoms with Gasteiger partial charge < -0.3 is 10.2 Å². The van der Waals surface area contributed by atoms with E-state index in [2.05, 4.69) is 34.3 Å². The summed E-state index contributed by atoms with van der Waals surface area (Å²) in [6.45, 7) is 5.85. The van der Waals surface area contributed by atoms with E-state index in [1.807, 2.05) is 46.2 Å². The number of anilines is 2. The van der Waals surface area contributed by atoms with Crippen molar-refractivity contribution >= 4 is 17.5 Å². The van der Waals surface area contributed by atoms with E-state index in [-0.39, 0.29) is 5.91 Å².